The van der Waals surface area contributed by atoms with Crippen molar-refractivity contribution < 1.29 is 0 Å². The van der Waals surface area contributed by atoms with Gasteiger partial charge >= 0.3 is 0 Å². The highest BCUT2D eigenvalue weighted by Crippen LogP contribution is 2.23. The van der Waals surface area contributed by atoms with Crippen LogP contribution in [0.3, 0.4) is 0 Å². The number of anilines is 2. The van der Waals surface area contributed by atoms with Crippen LogP contribution in [0, 0.1) is 0 Å². The van der Waals surface area contributed by atoms with Crippen LogP contribution in [-0.2, 0) is 13.6 Å². The Morgan fingerprint density at radius 1 is 1.24 bits per heavy atom. The maximum atomic E-state index is 6.17. The van der Waals surface area contributed by atoms with E-state index < -0.39 is 0 Å². The minimum absolute atomic E-state index is 0.549. The van der Waals surface area contributed by atoms with Crippen LogP contribution in [0.5, 0.6) is 0 Å². The Morgan fingerprint density at radius 3 is 2.81 bits per heavy atom. The first-order valence-electron chi connectivity index (χ1n) is 6.54. The zero-order chi connectivity index (χ0) is 14.8. The first kappa shape index (κ1) is 13.6. The fourth-order valence-corrected chi connectivity index (χ4v) is 2.29. The Hall–Kier alpha value is -2.34. The molecule has 0 radical (unpaired) electrons. The third-order valence-corrected chi connectivity index (χ3v) is 3.59. The molecule has 0 saturated carbocycles. The number of halogens is 1. The Balaban J connectivity index is 1.95. The van der Waals surface area contributed by atoms with E-state index in [0.717, 1.165) is 27.4 Å². The first-order chi connectivity index (χ1) is 10.2. The summed E-state index contributed by atoms with van der Waals surface area (Å²) in [6.45, 7) is 0.587. The van der Waals surface area contributed by atoms with E-state index in [2.05, 4.69) is 25.7 Å². The van der Waals surface area contributed by atoms with Crippen LogP contribution >= 0.6 is 11.6 Å². The van der Waals surface area contributed by atoms with Crippen LogP contribution in [0.1, 0.15) is 5.56 Å². The Labute approximate surface area is 127 Å². The maximum Gasteiger partial charge on any atom is 0.226 e. The van der Waals surface area contributed by atoms with Crippen molar-refractivity contribution in [3.05, 3.63) is 41.0 Å². The highest BCUT2D eigenvalue weighted by Gasteiger charge is 2.11. The van der Waals surface area contributed by atoms with Gasteiger partial charge in [-0.25, -0.2) is 0 Å². The van der Waals surface area contributed by atoms with Crippen molar-refractivity contribution in [2.24, 2.45) is 7.05 Å². The normalized spacial score (nSPS) is 10.8. The van der Waals surface area contributed by atoms with Gasteiger partial charge in [0.1, 0.15) is 5.82 Å². The zero-order valence-electron chi connectivity index (χ0n) is 11.8. The summed E-state index contributed by atoms with van der Waals surface area (Å²) in [6, 6.07) is 7.73. The lowest BCUT2D eigenvalue weighted by Gasteiger charge is -2.09. The standard InChI is InChI=1S/C14H15ClN6/c1-16-14-19-12(10-8-18-21(2)13(10)20-14)17-7-9-5-3-4-6-11(9)15/h3-6,8H,7H2,1-2H3,(H2,16,17,19,20). The van der Waals surface area contributed by atoms with Gasteiger partial charge in [0.05, 0.1) is 11.6 Å². The average molecular weight is 303 g/mol. The molecule has 0 aliphatic heterocycles. The first-order valence-corrected chi connectivity index (χ1v) is 6.91. The van der Waals surface area contributed by atoms with Gasteiger partial charge in [-0.3, -0.25) is 4.68 Å². The molecule has 0 unspecified atom stereocenters. The van der Waals surface area contributed by atoms with E-state index in [4.69, 9.17) is 11.6 Å². The molecule has 0 atom stereocenters. The van der Waals surface area contributed by atoms with Crippen molar-refractivity contribution in [1.29, 1.82) is 0 Å². The smallest absolute Gasteiger partial charge is 0.226 e. The molecule has 21 heavy (non-hydrogen) atoms. The Bertz CT molecular complexity index is 782. The molecule has 0 saturated heterocycles. The van der Waals surface area contributed by atoms with Gasteiger partial charge in [0.15, 0.2) is 5.65 Å². The van der Waals surface area contributed by atoms with E-state index in [1.807, 2.05) is 31.3 Å². The van der Waals surface area contributed by atoms with E-state index in [9.17, 15) is 0 Å². The second kappa shape index (κ2) is 5.57. The van der Waals surface area contributed by atoms with Crippen LogP contribution < -0.4 is 10.6 Å². The number of rotatable bonds is 4. The van der Waals surface area contributed by atoms with E-state index in [0.29, 0.717) is 12.5 Å². The second-order valence-electron chi connectivity index (χ2n) is 4.60. The molecule has 3 rings (SSSR count). The number of nitrogens with zero attached hydrogens (tertiary/aromatic N) is 4. The minimum atomic E-state index is 0.549. The monoisotopic (exact) mass is 302 g/mol. The molecule has 108 valence electrons. The van der Waals surface area contributed by atoms with Gasteiger partial charge in [-0.1, -0.05) is 29.8 Å². The predicted molar refractivity (Wildman–Crippen MR) is 84.6 cm³/mol. The van der Waals surface area contributed by atoms with Gasteiger partial charge in [-0.15, -0.1) is 0 Å². The van der Waals surface area contributed by atoms with Crippen LogP contribution in [0.4, 0.5) is 11.8 Å². The molecule has 0 aliphatic carbocycles. The molecule has 0 spiro atoms. The average Bonchev–Trinajstić information content (AvgIpc) is 2.87. The number of nitrogens with one attached hydrogen (secondary N) is 2. The van der Waals surface area contributed by atoms with Crippen molar-refractivity contribution in [1.82, 2.24) is 19.7 Å². The molecule has 1 aromatic carbocycles. The van der Waals surface area contributed by atoms with Crippen LogP contribution in [0.15, 0.2) is 30.5 Å². The molecule has 0 amide bonds. The predicted octanol–water partition coefficient (Wildman–Crippen LogP) is 2.67. The van der Waals surface area contributed by atoms with Crippen molar-refractivity contribution in [3.63, 3.8) is 0 Å². The second-order valence-corrected chi connectivity index (χ2v) is 5.00. The lowest BCUT2D eigenvalue weighted by atomic mass is 10.2. The number of hydrogen-bond donors (Lipinski definition) is 2. The summed E-state index contributed by atoms with van der Waals surface area (Å²) in [5.41, 5.74) is 1.79. The number of aromatic nitrogens is 4. The molecule has 2 N–H and O–H groups in total. The molecular formula is C14H15ClN6. The van der Waals surface area contributed by atoms with E-state index in [1.54, 1.807) is 17.9 Å². The SMILES string of the molecule is CNc1nc(NCc2ccccc2Cl)c2cnn(C)c2n1. The molecule has 6 nitrogen and oxygen atoms in total. The highest BCUT2D eigenvalue weighted by atomic mass is 35.5. The molecule has 0 aliphatic rings. The quantitative estimate of drug-likeness (QED) is 0.775. The molecule has 3 aromatic rings. The van der Waals surface area contributed by atoms with Crippen LogP contribution in [-0.4, -0.2) is 26.8 Å². The lowest BCUT2D eigenvalue weighted by Crippen LogP contribution is -2.06. The van der Waals surface area contributed by atoms with E-state index in [-0.39, 0.29) is 0 Å². The molecule has 7 heteroatoms. The van der Waals surface area contributed by atoms with Gasteiger partial charge < -0.3 is 10.6 Å². The maximum absolute atomic E-state index is 6.17. The third-order valence-electron chi connectivity index (χ3n) is 3.22. The van der Waals surface area contributed by atoms with Gasteiger partial charge in [-0.2, -0.15) is 15.1 Å². The number of fused-ring (bicyclic) bond motifs is 1. The van der Waals surface area contributed by atoms with Crippen LogP contribution in [0.25, 0.3) is 11.0 Å². The fourth-order valence-electron chi connectivity index (χ4n) is 2.09. The largest absolute Gasteiger partial charge is 0.365 e. The molecule has 2 heterocycles. The van der Waals surface area contributed by atoms with Gasteiger partial charge in [0.2, 0.25) is 5.95 Å². The lowest BCUT2D eigenvalue weighted by molar-refractivity contribution is 0.786. The summed E-state index contributed by atoms with van der Waals surface area (Å²) in [4.78, 5) is 8.85. The van der Waals surface area contributed by atoms with Crippen molar-refractivity contribution >= 4 is 34.4 Å². The molecule has 0 bridgehead atoms. The van der Waals surface area contributed by atoms with Crippen molar-refractivity contribution in [2.75, 3.05) is 17.7 Å². The summed E-state index contributed by atoms with van der Waals surface area (Å²) in [6.07, 6.45) is 1.75. The van der Waals surface area contributed by atoms with E-state index in [1.165, 1.54) is 0 Å². The molecule has 0 fully saturated rings. The van der Waals surface area contributed by atoms with Crippen molar-refractivity contribution in [3.8, 4) is 0 Å². The topological polar surface area (TPSA) is 67.7 Å². The number of aryl methyl sites for hydroxylation is 1. The third kappa shape index (κ3) is 2.62. The highest BCUT2D eigenvalue weighted by molar-refractivity contribution is 6.31. The van der Waals surface area contributed by atoms with Gasteiger partial charge in [0, 0.05) is 25.7 Å². The Kier molecular flexibility index (Phi) is 3.62. The summed E-state index contributed by atoms with van der Waals surface area (Å²) in [5.74, 6) is 1.28. The fraction of sp³-hybridized carbons (Fsp3) is 0.214. The van der Waals surface area contributed by atoms with E-state index >= 15 is 0 Å². The van der Waals surface area contributed by atoms with Gasteiger partial charge in [-0.05, 0) is 11.6 Å². The van der Waals surface area contributed by atoms with Gasteiger partial charge in [0.25, 0.3) is 0 Å². The van der Waals surface area contributed by atoms with Crippen molar-refractivity contribution in [2.45, 2.75) is 6.54 Å². The minimum Gasteiger partial charge on any atom is -0.365 e. The molecule has 2 aromatic heterocycles. The zero-order valence-corrected chi connectivity index (χ0v) is 12.5. The summed E-state index contributed by atoms with van der Waals surface area (Å²) in [5, 5.41) is 12.1. The summed E-state index contributed by atoms with van der Waals surface area (Å²) < 4.78 is 1.72. The summed E-state index contributed by atoms with van der Waals surface area (Å²) >= 11 is 6.17. The molecular weight excluding hydrogens is 288 g/mol. The van der Waals surface area contributed by atoms with Crippen LogP contribution in [0.2, 0.25) is 5.02 Å². The Morgan fingerprint density at radius 2 is 2.05 bits per heavy atom. The summed E-state index contributed by atoms with van der Waals surface area (Å²) in [7, 11) is 3.64. The number of benzene rings is 1. The number of hydrogen-bond acceptors (Lipinski definition) is 5.